The number of hydrogen-bond acceptors (Lipinski definition) is 5. The van der Waals surface area contributed by atoms with E-state index in [4.69, 9.17) is 5.11 Å². The van der Waals surface area contributed by atoms with Crippen LogP contribution < -0.4 is 5.32 Å². The number of phenolic OH excluding ortho intramolecular Hbond substituents is 2. The zero-order valence-electron chi connectivity index (χ0n) is 9.84. The van der Waals surface area contributed by atoms with Crippen molar-refractivity contribution in [2.75, 3.05) is 12.0 Å². The van der Waals surface area contributed by atoms with Crippen LogP contribution in [0.1, 0.15) is 12.5 Å². The highest BCUT2D eigenvalue weighted by Crippen LogP contribution is 2.24. The first-order valence-corrected chi connectivity index (χ1v) is 7.26. The predicted molar refractivity (Wildman–Crippen MR) is 65.8 cm³/mol. The van der Waals surface area contributed by atoms with Gasteiger partial charge < -0.3 is 15.5 Å². The minimum atomic E-state index is -2.99. The Labute approximate surface area is 101 Å². The van der Waals surface area contributed by atoms with Crippen molar-refractivity contribution < 1.29 is 18.6 Å². The molecule has 0 radical (unpaired) electrons. The van der Waals surface area contributed by atoms with E-state index in [-0.39, 0.29) is 23.3 Å². The van der Waals surface area contributed by atoms with Crippen molar-refractivity contribution in [3.05, 3.63) is 23.8 Å². The van der Waals surface area contributed by atoms with Gasteiger partial charge in [0.2, 0.25) is 0 Å². The van der Waals surface area contributed by atoms with E-state index in [1.54, 1.807) is 13.0 Å². The maximum absolute atomic E-state index is 11.0. The lowest BCUT2D eigenvalue weighted by Crippen LogP contribution is -2.32. The molecule has 1 rings (SSSR count). The molecule has 1 unspecified atom stereocenters. The van der Waals surface area contributed by atoms with E-state index in [0.717, 1.165) is 5.56 Å². The molecule has 0 fully saturated rings. The fraction of sp³-hybridized carbons (Fsp3) is 0.455. The summed E-state index contributed by atoms with van der Waals surface area (Å²) in [6.45, 7) is 2.21. The van der Waals surface area contributed by atoms with E-state index in [1.165, 1.54) is 18.4 Å². The molecule has 0 heterocycles. The molecule has 0 saturated heterocycles. The van der Waals surface area contributed by atoms with E-state index in [0.29, 0.717) is 6.54 Å². The molecule has 0 aliphatic rings. The fourth-order valence-electron chi connectivity index (χ4n) is 1.48. The maximum atomic E-state index is 11.0. The Balaban J connectivity index is 2.53. The molecule has 17 heavy (non-hydrogen) atoms. The van der Waals surface area contributed by atoms with Gasteiger partial charge in [0, 0.05) is 18.8 Å². The van der Waals surface area contributed by atoms with E-state index >= 15 is 0 Å². The average Bonchev–Trinajstić information content (AvgIpc) is 2.17. The van der Waals surface area contributed by atoms with Crippen LogP contribution in [0.2, 0.25) is 0 Å². The van der Waals surface area contributed by atoms with Crippen molar-refractivity contribution in [1.82, 2.24) is 5.32 Å². The molecule has 0 bridgehead atoms. The molecular formula is C11H17NO4S. The molecular weight excluding hydrogens is 242 g/mol. The number of rotatable bonds is 5. The average molecular weight is 259 g/mol. The van der Waals surface area contributed by atoms with Gasteiger partial charge in [-0.05, 0) is 24.6 Å². The Morgan fingerprint density at radius 2 is 1.94 bits per heavy atom. The van der Waals surface area contributed by atoms with Gasteiger partial charge in [0.15, 0.2) is 11.5 Å². The van der Waals surface area contributed by atoms with E-state index < -0.39 is 9.84 Å². The number of aromatic hydroxyl groups is 2. The van der Waals surface area contributed by atoms with Crippen LogP contribution in [-0.2, 0) is 16.4 Å². The molecule has 1 atom stereocenters. The monoisotopic (exact) mass is 259 g/mol. The van der Waals surface area contributed by atoms with Crippen molar-refractivity contribution in [3.8, 4) is 11.5 Å². The number of nitrogens with one attached hydrogen (secondary N) is 1. The van der Waals surface area contributed by atoms with Gasteiger partial charge in [-0.15, -0.1) is 0 Å². The topological polar surface area (TPSA) is 86.6 Å². The van der Waals surface area contributed by atoms with Gasteiger partial charge in [0.25, 0.3) is 0 Å². The first-order chi connectivity index (χ1) is 7.78. The highest BCUT2D eigenvalue weighted by Gasteiger charge is 2.10. The zero-order valence-corrected chi connectivity index (χ0v) is 10.7. The standard InChI is InChI=1S/C11H17NO4S/c1-8(7-17(2,15)16)12-6-9-3-4-10(13)11(14)5-9/h3-5,8,12-14H,6-7H2,1-2H3. The quantitative estimate of drug-likeness (QED) is 0.675. The van der Waals surface area contributed by atoms with E-state index in [1.807, 2.05) is 0 Å². The van der Waals surface area contributed by atoms with Crippen LogP contribution in [-0.4, -0.2) is 36.7 Å². The first kappa shape index (κ1) is 13.8. The third-order valence-electron chi connectivity index (χ3n) is 2.25. The Kier molecular flexibility index (Phi) is 4.36. The Hall–Kier alpha value is -1.27. The van der Waals surface area contributed by atoms with Crippen molar-refractivity contribution in [1.29, 1.82) is 0 Å². The summed E-state index contributed by atoms with van der Waals surface area (Å²) < 4.78 is 22.1. The van der Waals surface area contributed by atoms with Crippen molar-refractivity contribution in [2.24, 2.45) is 0 Å². The lowest BCUT2D eigenvalue weighted by Gasteiger charge is -2.12. The summed E-state index contributed by atoms with van der Waals surface area (Å²) in [6, 6.07) is 4.33. The van der Waals surface area contributed by atoms with Gasteiger partial charge in [-0.25, -0.2) is 8.42 Å². The largest absolute Gasteiger partial charge is 0.504 e. The second-order valence-electron chi connectivity index (χ2n) is 4.20. The van der Waals surface area contributed by atoms with Crippen LogP contribution in [0.3, 0.4) is 0 Å². The molecule has 5 nitrogen and oxygen atoms in total. The van der Waals surface area contributed by atoms with Crippen LogP contribution in [0.15, 0.2) is 18.2 Å². The van der Waals surface area contributed by atoms with Gasteiger partial charge in [-0.3, -0.25) is 0 Å². The van der Waals surface area contributed by atoms with Crippen LogP contribution in [0.4, 0.5) is 0 Å². The SMILES string of the molecule is CC(CS(C)(=O)=O)NCc1ccc(O)c(O)c1. The third-order valence-corrected chi connectivity index (χ3v) is 3.35. The summed E-state index contributed by atoms with van der Waals surface area (Å²) >= 11 is 0. The summed E-state index contributed by atoms with van der Waals surface area (Å²) in [7, 11) is -2.99. The van der Waals surface area contributed by atoms with Gasteiger partial charge in [-0.1, -0.05) is 6.07 Å². The van der Waals surface area contributed by atoms with Crippen molar-refractivity contribution >= 4 is 9.84 Å². The minimum Gasteiger partial charge on any atom is -0.504 e. The smallest absolute Gasteiger partial charge is 0.157 e. The van der Waals surface area contributed by atoms with Gasteiger partial charge in [0.05, 0.1) is 5.75 Å². The zero-order chi connectivity index (χ0) is 13.1. The molecule has 0 amide bonds. The van der Waals surface area contributed by atoms with E-state index in [9.17, 15) is 13.5 Å². The molecule has 0 saturated carbocycles. The van der Waals surface area contributed by atoms with Crippen molar-refractivity contribution in [3.63, 3.8) is 0 Å². The number of hydrogen-bond donors (Lipinski definition) is 3. The summed E-state index contributed by atoms with van der Waals surface area (Å²) in [5.41, 5.74) is 0.778. The van der Waals surface area contributed by atoms with Crippen LogP contribution in [0.5, 0.6) is 11.5 Å². The van der Waals surface area contributed by atoms with Crippen LogP contribution in [0, 0.1) is 0 Å². The Morgan fingerprint density at radius 3 is 2.47 bits per heavy atom. The maximum Gasteiger partial charge on any atom is 0.157 e. The second kappa shape index (κ2) is 5.37. The molecule has 1 aromatic carbocycles. The molecule has 0 spiro atoms. The Bertz CT molecular complexity index is 484. The van der Waals surface area contributed by atoms with E-state index in [2.05, 4.69) is 5.32 Å². The fourth-order valence-corrected chi connectivity index (χ4v) is 2.51. The van der Waals surface area contributed by atoms with Gasteiger partial charge >= 0.3 is 0 Å². The number of benzene rings is 1. The molecule has 6 heteroatoms. The molecule has 3 N–H and O–H groups in total. The molecule has 0 aromatic heterocycles. The number of phenols is 2. The van der Waals surface area contributed by atoms with Crippen LogP contribution >= 0.6 is 0 Å². The highest BCUT2D eigenvalue weighted by atomic mass is 32.2. The van der Waals surface area contributed by atoms with Gasteiger partial charge in [-0.2, -0.15) is 0 Å². The number of sulfone groups is 1. The van der Waals surface area contributed by atoms with Crippen molar-refractivity contribution in [2.45, 2.75) is 19.5 Å². The minimum absolute atomic E-state index is 0.0665. The van der Waals surface area contributed by atoms with Crippen LogP contribution in [0.25, 0.3) is 0 Å². The molecule has 1 aromatic rings. The predicted octanol–water partition coefficient (Wildman–Crippen LogP) is 0.620. The lowest BCUT2D eigenvalue weighted by atomic mass is 10.2. The summed E-state index contributed by atoms with van der Waals surface area (Å²) in [4.78, 5) is 0. The highest BCUT2D eigenvalue weighted by molar-refractivity contribution is 7.90. The molecule has 96 valence electrons. The summed E-state index contributed by atoms with van der Waals surface area (Å²) in [6.07, 6.45) is 1.19. The summed E-state index contributed by atoms with van der Waals surface area (Å²) in [5.74, 6) is -0.283. The summed E-state index contributed by atoms with van der Waals surface area (Å²) in [5, 5.41) is 21.4. The third kappa shape index (κ3) is 5.06. The van der Waals surface area contributed by atoms with Gasteiger partial charge in [0.1, 0.15) is 9.84 Å². The molecule has 0 aliphatic carbocycles. The normalized spacial score (nSPS) is 13.5. The Morgan fingerprint density at radius 1 is 1.29 bits per heavy atom. The first-order valence-electron chi connectivity index (χ1n) is 5.20. The second-order valence-corrected chi connectivity index (χ2v) is 6.38. The lowest BCUT2D eigenvalue weighted by molar-refractivity contribution is 0.402. The molecule has 0 aliphatic heterocycles.